The van der Waals surface area contributed by atoms with E-state index in [1.807, 2.05) is 6.08 Å². The van der Waals surface area contributed by atoms with E-state index in [1.165, 1.54) is 0 Å². The van der Waals surface area contributed by atoms with Crippen LogP contribution in [0.2, 0.25) is 0 Å². The van der Waals surface area contributed by atoms with Crippen molar-refractivity contribution in [2.75, 3.05) is 6.54 Å². The van der Waals surface area contributed by atoms with E-state index in [0.717, 1.165) is 24.8 Å². The molecule has 0 heterocycles. The number of nitrogens with zero attached hydrogens (tertiary/aromatic N) is 1. The van der Waals surface area contributed by atoms with E-state index in [9.17, 15) is 10.3 Å². The van der Waals surface area contributed by atoms with Gasteiger partial charge in [0.15, 0.2) is 0 Å². The summed E-state index contributed by atoms with van der Waals surface area (Å²) < 4.78 is 0. The van der Waals surface area contributed by atoms with Crippen LogP contribution in [0, 0.1) is 28.4 Å². The average molecular weight is 420 g/mol. The predicted octanol–water partition coefficient (Wildman–Crippen LogP) is 5.58. The third-order valence-corrected chi connectivity index (χ3v) is 6.76. The molecule has 1 aliphatic rings. The van der Waals surface area contributed by atoms with Crippen molar-refractivity contribution in [3.05, 3.63) is 54.3 Å². The summed E-state index contributed by atoms with van der Waals surface area (Å²) in [6.45, 7) is 16.9. The van der Waals surface area contributed by atoms with Crippen molar-refractivity contribution >= 4 is 0 Å². The van der Waals surface area contributed by atoms with Crippen LogP contribution in [-0.2, 0) is 0 Å². The molecule has 30 heavy (non-hydrogen) atoms. The number of nitrogens with one attached hydrogen (secondary N) is 1. The zero-order chi connectivity index (χ0) is 22.7. The van der Waals surface area contributed by atoms with Crippen molar-refractivity contribution < 1.29 is 10.3 Å². The minimum atomic E-state index is -0.673. The number of hydrogen-bond acceptors (Lipinski definition) is 5. The van der Waals surface area contributed by atoms with Crippen LogP contribution >= 0.6 is 0 Å². The van der Waals surface area contributed by atoms with Gasteiger partial charge in [-0.25, -0.2) is 0 Å². The summed E-state index contributed by atoms with van der Waals surface area (Å²) in [4.78, 5) is 0. The SMILES string of the molecule is C=C/C=C(\CCCN([O-])O)CC(O)N[C@@H]1CC(C=C)CC([C@@H](C)C/C=C\C)C1(C)C. The number of hydroxylamine groups is 2. The first-order valence-electron chi connectivity index (χ1n) is 11.3. The maximum atomic E-state index is 10.8. The fourth-order valence-corrected chi connectivity index (χ4v) is 4.95. The second kappa shape index (κ2) is 13.2. The smallest absolute Gasteiger partial charge is 0.108 e. The molecule has 5 nitrogen and oxygen atoms in total. The van der Waals surface area contributed by atoms with Gasteiger partial charge in [0, 0.05) is 19.0 Å². The number of aliphatic hydroxyl groups excluding tert-OH is 1. The molecule has 0 aromatic rings. The van der Waals surface area contributed by atoms with Crippen LogP contribution < -0.4 is 5.32 Å². The number of allylic oxidation sites excluding steroid dienone is 5. The number of rotatable bonds is 13. The lowest BCUT2D eigenvalue weighted by molar-refractivity contribution is -0.0410. The Morgan fingerprint density at radius 1 is 1.33 bits per heavy atom. The van der Waals surface area contributed by atoms with Crippen molar-refractivity contribution in [1.82, 2.24) is 10.5 Å². The summed E-state index contributed by atoms with van der Waals surface area (Å²) in [6, 6.07) is 0.182. The van der Waals surface area contributed by atoms with Gasteiger partial charge < -0.3 is 15.5 Å². The fraction of sp³-hybridized carbons (Fsp3) is 0.680. The lowest BCUT2D eigenvalue weighted by Gasteiger charge is -2.51. The molecule has 0 radical (unpaired) electrons. The molecule has 0 aromatic heterocycles. The molecule has 172 valence electrons. The number of hydrogen-bond donors (Lipinski definition) is 3. The van der Waals surface area contributed by atoms with Crippen molar-refractivity contribution in [3.63, 3.8) is 0 Å². The van der Waals surface area contributed by atoms with E-state index >= 15 is 0 Å². The van der Waals surface area contributed by atoms with E-state index in [1.54, 1.807) is 6.08 Å². The predicted molar refractivity (Wildman–Crippen MR) is 126 cm³/mol. The Morgan fingerprint density at radius 3 is 2.60 bits per heavy atom. The van der Waals surface area contributed by atoms with Crippen LogP contribution in [0.5, 0.6) is 0 Å². The first kappa shape index (κ1) is 26.8. The lowest BCUT2D eigenvalue weighted by atomic mass is 9.58. The molecular weight excluding hydrogens is 376 g/mol. The van der Waals surface area contributed by atoms with E-state index in [-0.39, 0.29) is 23.2 Å². The molecule has 1 rings (SSSR count). The van der Waals surface area contributed by atoms with E-state index in [0.29, 0.717) is 37.0 Å². The molecule has 1 fully saturated rings. The maximum Gasteiger partial charge on any atom is 0.108 e. The van der Waals surface area contributed by atoms with Crippen molar-refractivity contribution in [1.29, 1.82) is 0 Å². The van der Waals surface area contributed by atoms with Gasteiger partial charge in [-0.2, -0.15) is 0 Å². The Balaban J connectivity index is 2.84. The molecular formula is C25H43N2O3-. The van der Waals surface area contributed by atoms with Gasteiger partial charge in [0.25, 0.3) is 0 Å². The first-order valence-corrected chi connectivity index (χ1v) is 11.3. The van der Waals surface area contributed by atoms with Gasteiger partial charge in [-0.3, -0.25) is 10.5 Å². The molecule has 3 N–H and O–H groups in total. The van der Waals surface area contributed by atoms with Crippen LogP contribution in [0.3, 0.4) is 0 Å². The Labute approximate surface area is 183 Å². The second-order valence-electron chi connectivity index (χ2n) is 9.36. The normalized spacial score (nSPS) is 26.7. The van der Waals surface area contributed by atoms with Gasteiger partial charge in [-0.05, 0) is 62.2 Å². The highest BCUT2D eigenvalue weighted by Crippen LogP contribution is 2.48. The van der Waals surface area contributed by atoms with Gasteiger partial charge in [-0.15, -0.1) is 6.58 Å². The van der Waals surface area contributed by atoms with Crippen LogP contribution in [0.1, 0.15) is 66.2 Å². The minimum Gasteiger partial charge on any atom is -0.762 e. The van der Waals surface area contributed by atoms with Crippen molar-refractivity contribution in [2.45, 2.75) is 78.5 Å². The Hall–Kier alpha value is -1.24. The highest BCUT2D eigenvalue weighted by atomic mass is 16.8. The minimum absolute atomic E-state index is 0.0454. The zero-order valence-corrected chi connectivity index (χ0v) is 19.4. The third kappa shape index (κ3) is 8.48. The van der Waals surface area contributed by atoms with Crippen LogP contribution in [0.15, 0.2) is 49.1 Å². The molecule has 5 heteroatoms. The molecule has 0 bridgehead atoms. The van der Waals surface area contributed by atoms with Crippen LogP contribution in [0.25, 0.3) is 0 Å². The zero-order valence-electron chi connectivity index (χ0n) is 19.4. The average Bonchev–Trinajstić information content (AvgIpc) is 2.67. The monoisotopic (exact) mass is 419 g/mol. The Bertz CT molecular complexity index is 583. The van der Waals surface area contributed by atoms with Gasteiger partial charge in [0.05, 0.1) is 0 Å². The quantitative estimate of drug-likeness (QED) is 0.157. The van der Waals surface area contributed by atoms with E-state index in [2.05, 4.69) is 64.4 Å². The summed E-state index contributed by atoms with van der Waals surface area (Å²) in [5, 5.41) is 33.8. The van der Waals surface area contributed by atoms with Gasteiger partial charge in [0.2, 0.25) is 0 Å². The molecule has 0 amide bonds. The highest BCUT2D eigenvalue weighted by Gasteiger charge is 2.45. The summed E-state index contributed by atoms with van der Waals surface area (Å²) in [6.07, 6.45) is 14.2. The van der Waals surface area contributed by atoms with Crippen molar-refractivity contribution in [3.8, 4) is 0 Å². The van der Waals surface area contributed by atoms with Crippen LogP contribution in [0.4, 0.5) is 0 Å². The van der Waals surface area contributed by atoms with Gasteiger partial charge in [-0.1, -0.05) is 63.3 Å². The fourth-order valence-electron chi connectivity index (χ4n) is 4.95. The van der Waals surface area contributed by atoms with Crippen molar-refractivity contribution in [2.24, 2.45) is 23.2 Å². The highest BCUT2D eigenvalue weighted by molar-refractivity contribution is 5.12. The summed E-state index contributed by atoms with van der Waals surface area (Å²) in [5.74, 6) is 1.53. The molecule has 3 unspecified atom stereocenters. The number of aliphatic hydroxyl groups is 1. The molecule has 0 spiro atoms. The van der Waals surface area contributed by atoms with E-state index < -0.39 is 6.23 Å². The second-order valence-corrected chi connectivity index (χ2v) is 9.36. The third-order valence-electron chi connectivity index (χ3n) is 6.76. The largest absolute Gasteiger partial charge is 0.762 e. The molecule has 0 aromatic carbocycles. The van der Waals surface area contributed by atoms with Gasteiger partial charge in [0.1, 0.15) is 6.23 Å². The molecule has 1 saturated carbocycles. The van der Waals surface area contributed by atoms with Crippen LogP contribution in [-0.4, -0.2) is 34.4 Å². The molecule has 1 aliphatic carbocycles. The molecule has 0 aliphatic heterocycles. The standard InChI is InChI=1S/C25H43N2O3/c1-7-10-13-19(4)22-16-20(9-3)17-23(25(22,5)6)26-24(28)18-21(12-8-2)14-11-15-27(29)30/h7-10,12,19-20,22-24,26,28-29H,2-3,11,13-18H2,1,4-6H3/q-1/b10-7-,21-12+/t19-,20?,22?,23+,24?/m0/s1. The summed E-state index contributed by atoms with van der Waals surface area (Å²) in [5.41, 5.74) is 1.06. The first-order chi connectivity index (χ1) is 14.1. The lowest BCUT2D eigenvalue weighted by Crippen LogP contribution is -2.55. The van der Waals surface area contributed by atoms with E-state index in [4.69, 9.17) is 5.21 Å². The Kier molecular flexibility index (Phi) is 11.8. The summed E-state index contributed by atoms with van der Waals surface area (Å²) in [7, 11) is 0. The summed E-state index contributed by atoms with van der Waals surface area (Å²) >= 11 is 0. The molecule has 0 saturated heterocycles. The maximum absolute atomic E-state index is 10.8. The topological polar surface area (TPSA) is 78.8 Å². The molecule has 5 atom stereocenters. The Morgan fingerprint density at radius 2 is 2.03 bits per heavy atom. The van der Waals surface area contributed by atoms with Gasteiger partial charge >= 0.3 is 0 Å².